The maximum Gasteiger partial charge on any atom is 0.253 e. The second-order valence-electron chi connectivity index (χ2n) is 9.06. The molecule has 1 fully saturated rings. The van der Waals surface area contributed by atoms with Crippen LogP contribution in [0.25, 0.3) is 0 Å². The first-order chi connectivity index (χ1) is 16.0. The van der Waals surface area contributed by atoms with E-state index in [1.54, 1.807) is 24.1 Å². The third-order valence-corrected chi connectivity index (χ3v) is 7.72. The fourth-order valence-corrected chi connectivity index (χ4v) is 6.46. The van der Waals surface area contributed by atoms with Crippen molar-refractivity contribution in [2.45, 2.75) is 11.0 Å². The van der Waals surface area contributed by atoms with E-state index in [0.29, 0.717) is 16.8 Å². The summed E-state index contributed by atoms with van der Waals surface area (Å²) in [5, 5.41) is 3.02. The Morgan fingerprint density at radius 2 is 1.52 bits per heavy atom. The molecule has 0 unspecified atom stereocenters. The molecule has 3 aromatic carbocycles. The third kappa shape index (κ3) is 2.14. The minimum atomic E-state index is -1.40. The fourth-order valence-electron chi connectivity index (χ4n) is 6.46. The van der Waals surface area contributed by atoms with Crippen LogP contribution in [0.1, 0.15) is 21.5 Å². The van der Waals surface area contributed by atoms with Gasteiger partial charge in [-0.05, 0) is 24.7 Å². The van der Waals surface area contributed by atoms with Crippen molar-refractivity contribution < 1.29 is 14.4 Å². The second kappa shape index (κ2) is 6.62. The molecular formula is C27H23N3O3. The number of hydrogen-bond donors (Lipinski definition) is 1. The zero-order chi connectivity index (χ0) is 23.0. The van der Waals surface area contributed by atoms with Gasteiger partial charge in [0.1, 0.15) is 11.0 Å². The molecule has 3 atom stereocenters. The van der Waals surface area contributed by atoms with Gasteiger partial charge < -0.3 is 10.2 Å². The van der Waals surface area contributed by atoms with Crippen LogP contribution in [0.3, 0.4) is 0 Å². The first kappa shape index (κ1) is 19.9. The maximum absolute atomic E-state index is 14.2. The number of nitrogens with zero attached hydrogens (tertiary/aromatic N) is 2. The van der Waals surface area contributed by atoms with E-state index in [4.69, 9.17) is 0 Å². The van der Waals surface area contributed by atoms with Gasteiger partial charge in [-0.1, -0.05) is 66.7 Å². The highest BCUT2D eigenvalue weighted by Crippen LogP contribution is 2.64. The molecule has 6 rings (SSSR count). The number of likely N-dealkylation sites (tertiary alicyclic amines) is 1. The van der Waals surface area contributed by atoms with Crippen molar-refractivity contribution in [1.82, 2.24) is 4.90 Å². The van der Waals surface area contributed by atoms with Gasteiger partial charge in [-0.25, -0.2) is 0 Å². The van der Waals surface area contributed by atoms with Gasteiger partial charge >= 0.3 is 0 Å². The van der Waals surface area contributed by atoms with Crippen LogP contribution in [0.2, 0.25) is 0 Å². The van der Waals surface area contributed by atoms with Crippen LogP contribution in [0.5, 0.6) is 0 Å². The number of Topliss-reactive ketones (excluding diaryl/α,β-unsaturated/α-hetero) is 1. The molecule has 6 nitrogen and oxygen atoms in total. The molecule has 0 bridgehead atoms. The number of anilines is 2. The number of rotatable bonds is 2. The molecule has 1 saturated heterocycles. The van der Waals surface area contributed by atoms with Crippen LogP contribution in [-0.4, -0.2) is 43.1 Å². The summed E-state index contributed by atoms with van der Waals surface area (Å²) in [6.07, 6.45) is 0. The van der Waals surface area contributed by atoms with Gasteiger partial charge in [0.05, 0.1) is 5.92 Å². The number of carbonyl (C=O) groups excluding carboxylic acids is 3. The smallest absolute Gasteiger partial charge is 0.253 e. The Bertz CT molecular complexity index is 1340. The molecule has 3 aliphatic heterocycles. The molecule has 0 saturated carbocycles. The summed E-state index contributed by atoms with van der Waals surface area (Å²) in [7, 11) is 3.59. The molecule has 2 amide bonds. The predicted molar refractivity (Wildman–Crippen MR) is 125 cm³/mol. The Hall–Kier alpha value is -3.77. The number of nitrogens with one attached hydrogen (secondary N) is 1. The number of amides is 2. The molecule has 3 aliphatic rings. The zero-order valence-electron chi connectivity index (χ0n) is 18.4. The maximum atomic E-state index is 14.2. The van der Waals surface area contributed by atoms with E-state index >= 15 is 0 Å². The van der Waals surface area contributed by atoms with Crippen LogP contribution >= 0.6 is 0 Å². The van der Waals surface area contributed by atoms with Gasteiger partial charge in [0.15, 0.2) is 5.78 Å². The molecular weight excluding hydrogens is 414 g/mol. The highest BCUT2D eigenvalue weighted by Gasteiger charge is 2.78. The summed E-state index contributed by atoms with van der Waals surface area (Å²) in [6.45, 7) is 0.281. The Kier molecular flexibility index (Phi) is 3.99. The lowest BCUT2D eigenvalue weighted by Crippen LogP contribution is -2.62. The molecule has 2 spiro atoms. The van der Waals surface area contributed by atoms with E-state index in [2.05, 4.69) is 5.32 Å². The molecule has 33 heavy (non-hydrogen) atoms. The Morgan fingerprint density at radius 3 is 2.27 bits per heavy atom. The minimum absolute atomic E-state index is 0.133. The number of benzene rings is 3. The molecule has 1 N–H and O–H groups in total. The van der Waals surface area contributed by atoms with Crippen molar-refractivity contribution in [1.29, 1.82) is 0 Å². The molecule has 0 radical (unpaired) electrons. The van der Waals surface area contributed by atoms with Gasteiger partial charge in [-0.3, -0.25) is 19.3 Å². The number of ketones is 1. The van der Waals surface area contributed by atoms with Gasteiger partial charge in [-0.2, -0.15) is 0 Å². The third-order valence-electron chi connectivity index (χ3n) is 7.72. The largest absolute Gasteiger partial charge is 0.325 e. The van der Waals surface area contributed by atoms with Crippen molar-refractivity contribution in [2.75, 3.05) is 30.9 Å². The number of carbonyl (C=O) groups is 3. The van der Waals surface area contributed by atoms with Gasteiger partial charge in [0.25, 0.3) is 5.91 Å². The molecule has 3 heterocycles. The second-order valence-corrected chi connectivity index (χ2v) is 9.06. The lowest BCUT2D eigenvalue weighted by Gasteiger charge is -2.43. The Balaban J connectivity index is 1.71. The summed E-state index contributed by atoms with van der Waals surface area (Å²) in [6, 6.07) is 24.1. The Morgan fingerprint density at radius 1 is 0.879 bits per heavy atom. The minimum Gasteiger partial charge on any atom is -0.325 e. The van der Waals surface area contributed by atoms with E-state index in [-0.39, 0.29) is 24.1 Å². The van der Waals surface area contributed by atoms with E-state index in [1.165, 1.54) is 0 Å². The van der Waals surface area contributed by atoms with Crippen molar-refractivity contribution in [3.63, 3.8) is 0 Å². The first-order valence-corrected chi connectivity index (χ1v) is 11.0. The van der Waals surface area contributed by atoms with Crippen molar-refractivity contribution >= 4 is 29.0 Å². The summed E-state index contributed by atoms with van der Waals surface area (Å²) in [5.74, 6) is -1.37. The van der Waals surface area contributed by atoms with Crippen LogP contribution in [-0.2, 0) is 20.5 Å². The van der Waals surface area contributed by atoms with E-state index in [9.17, 15) is 14.4 Å². The van der Waals surface area contributed by atoms with Crippen LogP contribution in [0, 0.1) is 5.92 Å². The average molecular weight is 437 g/mol. The van der Waals surface area contributed by atoms with Crippen molar-refractivity contribution in [3.05, 3.63) is 95.6 Å². The van der Waals surface area contributed by atoms with Crippen molar-refractivity contribution in [2.24, 2.45) is 5.92 Å². The monoisotopic (exact) mass is 437 g/mol. The van der Waals surface area contributed by atoms with Gasteiger partial charge in [-0.15, -0.1) is 0 Å². The lowest BCUT2D eigenvalue weighted by molar-refractivity contribution is -0.138. The highest BCUT2D eigenvalue weighted by molar-refractivity contribution is 6.21. The fraction of sp³-hybridized carbons (Fsp3) is 0.222. The standard InChI is InChI=1S/C27H23N3O3/c1-29-16-20(23(31)17-10-4-3-5-11-17)26(18-12-6-8-14-21(18)28-24(26)32)27(29)19-13-7-9-15-22(19)30(2)25(27)33/h3-15,20H,16H2,1-2H3,(H,28,32)/t20-,26+,27+/m0/s1. The molecule has 0 aliphatic carbocycles. The summed E-state index contributed by atoms with van der Waals surface area (Å²) in [5.41, 5.74) is 0.688. The summed E-state index contributed by atoms with van der Waals surface area (Å²) < 4.78 is 0. The topological polar surface area (TPSA) is 69.7 Å². The van der Waals surface area contributed by atoms with Crippen molar-refractivity contribution in [3.8, 4) is 0 Å². The van der Waals surface area contributed by atoms with Crippen LogP contribution < -0.4 is 10.2 Å². The van der Waals surface area contributed by atoms with Crippen LogP contribution in [0.4, 0.5) is 11.4 Å². The average Bonchev–Trinajstić information content (AvgIpc) is 3.39. The van der Waals surface area contributed by atoms with E-state index in [1.807, 2.05) is 78.7 Å². The summed E-state index contributed by atoms with van der Waals surface area (Å²) >= 11 is 0. The lowest BCUT2D eigenvalue weighted by atomic mass is 9.58. The molecule has 0 aromatic heterocycles. The van der Waals surface area contributed by atoms with Gasteiger partial charge in [0.2, 0.25) is 5.91 Å². The molecule has 6 heteroatoms. The SMILES string of the molecule is CN1C(=O)[C@@]2(c3ccccc31)N(C)C[C@@H](C(=O)c1ccccc1)[C@]21C(=O)Nc2ccccc21. The zero-order valence-corrected chi connectivity index (χ0v) is 18.4. The Labute approximate surface area is 191 Å². The number of fused-ring (bicyclic) bond motifs is 5. The normalized spacial score (nSPS) is 27.8. The predicted octanol–water partition coefficient (Wildman–Crippen LogP) is 3.19. The van der Waals surface area contributed by atoms with E-state index in [0.717, 1.165) is 11.3 Å². The number of likely N-dealkylation sites (N-methyl/N-ethyl adjacent to an activating group) is 2. The first-order valence-electron chi connectivity index (χ1n) is 11.0. The highest BCUT2D eigenvalue weighted by atomic mass is 16.2. The number of para-hydroxylation sites is 2. The van der Waals surface area contributed by atoms with Gasteiger partial charge in [0, 0.05) is 36.1 Å². The number of hydrogen-bond acceptors (Lipinski definition) is 4. The summed E-state index contributed by atoms with van der Waals surface area (Å²) in [4.78, 5) is 45.9. The van der Waals surface area contributed by atoms with E-state index < -0.39 is 16.9 Å². The molecule has 164 valence electrons. The van der Waals surface area contributed by atoms with Crippen LogP contribution in [0.15, 0.2) is 78.9 Å². The molecule has 3 aromatic rings. The quantitative estimate of drug-likeness (QED) is 0.625.